The number of rotatable bonds is 16. The van der Waals surface area contributed by atoms with Gasteiger partial charge in [-0.05, 0) is 42.8 Å². The second-order valence-electron chi connectivity index (χ2n) is 11.0. The Morgan fingerprint density at radius 3 is 2.71 bits per heavy atom. The number of nitrogens with one attached hydrogen (secondary N) is 2. The number of aliphatic hydroxyl groups is 1. The molecule has 0 spiro atoms. The van der Waals surface area contributed by atoms with E-state index >= 15 is 0 Å². The van der Waals surface area contributed by atoms with Gasteiger partial charge in [0.2, 0.25) is 11.8 Å². The van der Waals surface area contributed by atoms with Crippen molar-refractivity contribution in [3.05, 3.63) is 29.8 Å². The van der Waals surface area contributed by atoms with Crippen LogP contribution in [-0.4, -0.2) is 68.1 Å². The summed E-state index contributed by atoms with van der Waals surface area (Å²) in [6, 6.07) is 8.16. The third kappa shape index (κ3) is 12.3. The fourth-order valence-corrected chi connectivity index (χ4v) is 7.68. The number of ether oxygens (including phenoxy) is 2. The van der Waals surface area contributed by atoms with Gasteiger partial charge in [-0.25, -0.2) is 4.79 Å². The molecule has 11 heteroatoms. The molecule has 1 fully saturated rings. The smallest absolute Gasteiger partial charge is 0.417 e. The van der Waals surface area contributed by atoms with Crippen LogP contribution in [0.4, 0.5) is 4.79 Å². The summed E-state index contributed by atoms with van der Waals surface area (Å²) in [5, 5.41) is 9.58. The highest BCUT2D eigenvalue weighted by Gasteiger charge is 2.29. The van der Waals surface area contributed by atoms with E-state index in [2.05, 4.69) is 16.6 Å². The van der Waals surface area contributed by atoms with Gasteiger partial charge in [0.1, 0.15) is 17.6 Å². The fraction of sp³-hybridized carbons (Fsp3) is 0.700. The molecule has 1 atom stereocenters. The Morgan fingerprint density at radius 2 is 1.93 bits per heavy atom. The molecule has 1 heterocycles. The van der Waals surface area contributed by atoms with E-state index in [0.717, 1.165) is 68.2 Å². The average Bonchev–Trinajstić information content (AvgIpc) is 3.22. The molecule has 229 valence electrons. The third-order valence-corrected chi connectivity index (χ3v) is 10.6. The standard InChI is InChI=1S/C30H48N3O6SSi/c1-2-3-4-5-11-18-39-30(37)31-40-27(21-24-12-7-6-8-13-24)29(36)32-41(23-34)20-16-28(35)33-17-19-38-26-15-10-9-14-25(26)22-33/h9-10,14-15,24,27,34H,2-8,11-13,16-23H2,1H3,(H,31,37)(H,32,36)/t27-/m0/s1. The highest BCUT2D eigenvalue weighted by atomic mass is 32.2. The van der Waals surface area contributed by atoms with Crippen molar-refractivity contribution in [2.75, 3.05) is 26.0 Å². The minimum Gasteiger partial charge on any atom is -0.491 e. The molecule has 1 radical (unpaired) electrons. The van der Waals surface area contributed by atoms with Crippen LogP contribution >= 0.6 is 11.9 Å². The molecule has 1 saturated carbocycles. The second kappa shape index (κ2) is 19.0. The quantitative estimate of drug-likeness (QED) is 0.136. The number of hydrogen-bond acceptors (Lipinski definition) is 7. The summed E-state index contributed by atoms with van der Waals surface area (Å²) in [6.07, 6.45) is 11.3. The molecule has 0 unspecified atom stereocenters. The highest BCUT2D eigenvalue weighted by molar-refractivity contribution is 7.99. The first-order valence-corrected chi connectivity index (χ1v) is 18.1. The van der Waals surface area contributed by atoms with E-state index in [1.807, 2.05) is 24.3 Å². The van der Waals surface area contributed by atoms with Gasteiger partial charge in [-0.15, -0.1) is 0 Å². The van der Waals surface area contributed by atoms with Gasteiger partial charge in [-0.1, -0.05) is 82.9 Å². The Balaban J connectivity index is 1.48. The van der Waals surface area contributed by atoms with Crippen molar-refractivity contribution in [3.63, 3.8) is 0 Å². The van der Waals surface area contributed by atoms with Gasteiger partial charge in [0.25, 0.3) is 0 Å². The normalized spacial score (nSPS) is 16.3. The van der Waals surface area contributed by atoms with E-state index in [9.17, 15) is 19.5 Å². The SMILES string of the molecule is CCCCCCCOC(=O)NS[C@@H](CC1CCCCC1)C(=O)N[Si](CO)CCC(=O)N1CCOc2ccccc2C1. The molecule has 1 aliphatic heterocycles. The molecule has 9 nitrogen and oxygen atoms in total. The molecular formula is C30H48N3O6SSi. The molecular weight excluding hydrogens is 558 g/mol. The zero-order chi connectivity index (χ0) is 29.3. The van der Waals surface area contributed by atoms with E-state index in [4.69, 9.17) is 9.47 Å². The van der Waals surface area contributed by atoms with Crippen LogP contribution in [0, 0.1) is 5.92 Å². The van der Waals surface area contributed by atoms with E-state index in [1.165, 1.54) is 19.3 Å². The Bertz CT molecular complexity index is 949. The van der Waals surface area contributed by atoms with Crippen molar-refractivity contribution >= 4 is 38.8 Å². The molecule has 3 rings (SSSR count). The summed E-state index contributed by atoms with van der Waals surface area (Å²) >= 11 is 1.11. The molecule has 41 heavy (non-hydrogen) atoms. The zero-order valence-electron chi connectivity index (χ0n) is 24.5. The van der Waals surface area contributed by atoms with Crippen molar-refractivity contribution in [2.45, 2.75) is 102 Å². The Hall–Kier alpha value is -2.24. The summed E-state index contributed by atoms with van der Waals surface area (Å²) in [6.45, 7) is 3.96. The number of unbranched alkanes of at least 4 members (excludes halogenated alkanes) is 4. The molecule has 0 bridgehead atoms. The van der Waals surface area contributed by atoms with Crippen LogP contribution < -0.4 is 14.4 Å². The van der Waals surface area contributed by atoms with Crippen LogP contribution in [0.1, 0.15) is 89.5 Å². The maximum Gasteiger partial charge on any atom is 0.417 e. The third-order valence-electron chi connectivity index (χ3n) is 7.77. The van der Waals surface area contributed by atoms with Crippen LogP contribution in [-0.2, 0) is 20.9 Å². The predicted molar refractivity (Wildman–Crippen MR) is 164 cm³/mol. The highest BCUT2D eigenvalue weighted by Crippen LogP contribution is 2.30. The van der Waals surface area contributed by atoms with Gasteiger partial charge in [-0.2, -0.15) is 0 Å². The van der Waals surface area contributed by atoms with Gasteiger partial charge >= 0.3 is 6.09 Å². The monoisotopic (exact) mass is 606 g/mol. The van der Waals surface area contributed by atoms with Gasteiger partial charge in [0, 0.05) is 18.5 Å². The first-order valence-electron chi connectivity index (χ1n) is 15.3. The van der Waals surface area contributed by atoms with Crippen molar-refractivity contribution in [1.82, 2.24) is 14.6 Å². The Labute approximate surface area is 251 Å². The maximum atomic E-state index is 13.4. The molecule has 3 amide bonds. The van der Waals surface area contributed by atoms with Gasteiger partial charge in [0.05, 0.1) is 19.4 Å². The van der Waals surface area contributed by atoms with Crippen LogP contribution in [0.3, 0.4) is 0 Å². The minimum absolute atomic E-state index is 0.0114. The lowest BCUT2D eigenvalue weighted by Gasteiger charge is -2.27. The number of carbonyl (C=O) groups excluding carboxylic acids is 3. The predicted octanol–water partition coefficient (Wildman–Crippen LogP) is 5.12. The van der Waals surface area contributed by atoms with Crippen LogP contribution in [0.15, 0.2) is 24.3 Å². The molecule has 1 aromatic rings. The van der Waals surface area contributed by atoms with E-state index in [0.29, 0.717) is 44.7 Å². The number of benzene rings is 1. The van der Waals surface area contributed by atoms with Gasteiger partial charge in [-0.3, -0.25) is 14.3 Å². The van der Waals surface area contributed by atoms with Crippen LogP contribution in [0.2, 0.25) is 6.04 Å². The first kappa shape index (κ1) is 33.3. The number of nitrogens with zero attached hydrogens (tertiary/aromatic N) is 1. The summed E-state index contributed by atoms with van der Waals surface area (Å²) < 4.78 is 13.8. The van der Waals surface area contributed by atoms with Crippen LogP contribution in [0.25, 0.3) is 0 Å². The number of hydrogen-bond donors (Lipinski definition) is 3. The number of carbonyl (C=O) groups is 3. The molecule has 0 saturated heterocycles. The largest absolute Gasteiger partial charge is 0.491 e. The molecule has 1 aliphatic carbocycles. The van der Waals surface area contributed by atoms with Crippen molar-refractivity contribution in [2.24, 2.45) is 5.92 Å². The molecule has 2 aliphatic rings. The summed E-state index contributed by atoms with van der Waals surface area (Å²) in [5.41, 5.74) is 0.976. The summed E-state index contributed by atoms with van der Waals surface area (Å²) in [7, 11) is -1.71. The van der Waals surface area contributed by atoms with E-state index < -0.39 is 20.3 Å². The fourth-order valence-electron chi connectivity index (χ4n) is 5.34. The molecule has 3 N–H and O–H groups in total. The molecule has 1 aromatic carbocycles. The second-order valence-corrected chi connectivity index (χ2v) is 14.3. The first-order chi connectivity index (χ1) is 20.0. The Morgan fingerprint density at radius 1 is 1.15 bits per heavy atom. The van der Waals surface area contributed by atoms with E-state index in [1.54, 1.807) is 4.90 Å². The van der Waals surface area contributed by atoms with Crippen molar-refractivity contribution in [1.29, 1.82) is 0 Å². The lowest BCUT2D eigenvalue weighted by Crippen LogP contribution is -2.47. The Kier molecular flexibility index (Phi) is 15.4. The summed E-state index contributed by atoms with van der Waals surface area (Å²) in [5.74, 6) is 1.04. The zero-order valence-corrected chi connectivity index (χ0v) is 26.4. The van der Waals surface area contributed by atoms with Gasteiger partial charge in [0.15, 0.2) is 8.96 Å². The van der Waals surface area contributed by atoms with Crippen molar-refractivity contribution < 1.29 is 29.0 Å². The lowest BCUT2D eigenvalue weighted by molar-refractivity contribution is -0.131. The topological polar surface area (TPSA) is 117 Å². The number of para-hydroxylation sites is 1. The number of amides is 3. The maximum absolute atomic E-state index is 13.4. The average molecular weight is 607 g/mol. The lowest BCUT2D eigenvalue weighted by atomic mass is 9.86. The van der Waals surface area contributed by atoms with E-state index in [-0.39, 0.29) is 24.5 Å². The number of aliphatic hydroxyl groups excluding tert-OH is 1. The van der Waals surface area contributed by atoms with Crippen molar-refractivity contribution in [3.8, 4) is 5.75 Å². The van der Waals surface area contributed by atoms with Crippen LogP contribution in [0.5, 0.6) is 5.75 Å². The molecule has 0 aromatic heterocycles. The minimum atomic E-state index is -1.71. The number of fused-ring (bicyclic) bond motifs is 1. The summed E-state index contributed by atoms with van der Waals surface area (Å²) in [4.78, 5) is 43.5. The van der Waals surface area contributed by atoms with Gasteiger partial charge < -0.3 is 24.5 Å².